The zero-order valence-electron chi connectivity index (χ0n) is 41.6. The number of hydrogen-bond donors (Lipinski definition) is 5. The Morgan fingerprint density at radius 2 is 1.07 bits per heavy atom. The molecule has 6 N–H and O–H groups in total. The summed E-state index contributed by atoms with van der Waals surface area (Å²) in [5.41, 5.74) is 10.7. The smallest absolute Gasteiger partial charge is 0.412 e. The number of allylic oxidation sites excluding steroid dienone is 1. The Morgan fingerprint density at radius 3 is 1.56 bits per heavy atom. The molecule has 0 atom stereocenters. The van der Waals surface area contributed by atoms with Crippen LogP contribution in [0.4, 0.5) is 25.8 Å². The summed E-state index contributed by atoms with van der Waals surface area (Å²) in [6.07, 6.45) is 7.70. The molecule has 0 aliphatic carbocycles. The van der Waals surface area contributed by atoms with E-state index >= 15 is 0 Å². The van der Waals surface area contributed by atoms with E-state index in [4.69, 9.17) is 36.7 Å². The molecule has 15 heteroatoms. The number of hydrogen-bond acceptors (Lipinski definition) is 12. The van der Waals surface area contributed by atoms with Crippen molar-refractivity contribution in [2.75, 3.05) is 52.4 Å². The van der Waals surface area contributed by atoms with Crippen LogP contribution in [0.3, 0.4) is 0 Å². The minimum atomic E-state index is -0.814. The second kappa shape index (κ2) is 36.2. The molecule has 0 radical (unpaired) electrons. The molecule has 0 unspecified atom stereocenters. The molecule has 0 spiro atoms. The van der Waals surface area contributed by atoms with E-state index in [0.29, 0.717) is 29.5 Å². The Bertz CT molecular complexity index is 2410. The van der Waals surface area contributed by atoms with Crippen LogP contribution in [0.5, 0.6) is 23.0 Å². The van der Waals surface area contributed by atoms with Gasteiger partial charge in [-0.2, -0.15) is 0 Å². The number of methoxy groups -OCH3 is 1. The largest absolute Gasteiger partial charge is 0.508 e. The van der Waals surface area contributed by atoms with E-state index < -0.39 is 17.6 Å². The van der Waals surface area contributed by atoms with Crippen molar-refractivity contribution in [2.45, 2.75) is 63.2 Å². The van der Waals surface area contributed by atoms with Crippen LogP contribution in [0.1, 0.15) is 69.4 Å². The second-order valence-electron chi connectivity index (χ2n) is 15.7. The SMILES string of the molecule is CC(Sc1ccc(O)cc1)=C1c2ccccc2N(C)c2ccccc21.CNC(=O)Oc1ccccc1.COCCCCCCN.O=C(Cl)Oc1ccccc1.O=C(NCCCCCCO)Oc1ccccc1. The zero-order valence-corrected chi connectivity index (χ0v) is 43.2. The number of carbonyl (C=O) groups excluding carboxylic acids is 3. The normalized spacial score (nSPS) is 10.5. The maximum absolute atomic E-state index is 11.3. The molecule has 0 saturated heterocycles. The first-order valence-corrected chi connectivity index (χ1v) is 25.0. The summed E-state index contributed by atoms with van der Waals surface area (Å²) in [5, 5.41) is 23.1. The fourth-order valence-electron chi connectivity index (χ4n) is 6.74. The topological polar surface area (TPSA) is 182 Å². The number of benzene rings is 6. The van der Waals surface area contributed by atoms with Gasteiger partial charge in [-0.25, -0.2) is 14.4 Å². The molecular weight excluding hydrogens is 952 g/mol. The molecule has 2 amide bonds. The number of nitrogens with one attached hydrogen (secondary N) is 2. The number of thioether (sulfide) groups is 1. The van der Waals surface area contributed by atoms with Gasteiger partial charge in [-0.15, -0.1) is 0 Å². The lowest BCUT2D eigenvalue weighted by Gasteiger charge is -2.32. The monoisotopic (exact) mass is 1020 g/mol. The number of aliphatic hydroxyl groups excluding tert-OH is 1. The Kier molecular flexibility index (Phi) is 29.9. The average molecular weight is 1020 g/mol. The van der Waals surface area contributed by atoms with Crippen LogP contribution in [-0.4, -0.2) is 75.3 Å². The average Bonchev–Trinajstić information content (AvgIpc) is 3.39. The van der Waals surface area contributed by atoms with E-state index in [1.165, 1.54) is 59.3 Å². The summed E-state index contributed by atoms with van der Waals surface area (Å²) >= 11 is 6.69. The van der Waals surface area contributed by atoms with Crippen molar-refractivity contribution in [1.29, 1.82) is 0 Å². The molecule has 0 aromatic heterocycles. The molecule has 1 heterocycles. The molecule has 1 aliphatic heterocycles. The number of aliphatic hydroxyl groups is 1. The Morgan fingerprint density at radius 1 is 0.611 bits per heavy atom. The lowest BCUT2D eigenvalue weighted by Crippen LogP contribution is -2.27. The van der Waals surface area contributed by atoms with Crippen molar-refractivity contribution in [1.82, 2.24) is 10.6 Å². The number of nitrogens with two attached hydrogens (primary N) is 1. The van der Waals surface area contributed by atoms with Crippen molar-refractivity contribution in [2.24, 2.45) is 5.73 Å². The molecule has 6 aromatic rings. The van der Waals surface area contributed by atoms with Gasteiger partial charge in [0.25, 0.3) is 0 Å². The van der Waals surface area contributed by atoms with Crippen molar-refractivity contribution < 1.29 is 43.5 Å². The van der Waals surface area contributed by atoms with E-state index in [0.717, 1.165) is 50.2 Å². The van der Waals surface area contributed by atoms with Crippen LogP contribution in [-0.2, 0) is 4.74 Å². The van der Waals surface area contributed by atoms with Crippen molar-refractivity contribution in [3.63, 3.8) is 0 Å². The quantitative estimate of drug-likeness (QED) is 0.0332. The molecule has 6 aromatic carbocycles. The first kappa shape index (κ1) is 59.5. The van der Waals surface area contributed by atoms with Crippen molar-refractivity contribution in [3.05, 3.63) is 180 Å². The predicted octanol–water partition coefficient (Wildman–Crippen LogP) is 13.4. The zero-order chi connectivity index (χ0) is 52.2. The maximum Gasteiger partial charge on any atom is 0.412 e. The molecule has 7 rings (SSSR count). The van der Waals surface area contributed by atoms with Gasteiger partial charge in [0, 0.05) is 85.5 Å². The lowest BCUT2D eigenvalue weighted by molar-refractivity contribution is 0.192. The van der Waals surface area contributed by atoms with E-state index in [1.807, 2.05) is 42.5 Å². The molecule has 1 aliphatic rings. The first-order valence-electron chi connectivity index (χ1n) is 23.8. The first-order chi connectivity index (χ1) is 35.0. The number of anilines is 2. The molecule has 384 valence electrons. The van der Waals surface area contributed by atoms with Crippen LogP contribution >= 0.6 is 23.4 Å². The molecule has 0 saturated carbocycles. The Labute approximate surface area is 434 Å². The summed E-state index contributed by atoms with van der Waals surface area (Å²) < 4.78 is 19.3. The van der Waals surface area contributed by atoms with Gasteiger partial charge in [0.1, 0.15) is 23.0 Å². The highest BCUT2D eigenvalue weighted by Crippen LogP contribution is 2.47. The number of ether oxygens (including phenoxy) is 4. The Balaban J connectivity index is 0.000000254. The van der Waals surface area contributed by atoms with Gasteiger partial charge in [0.15, 0.2) is 0 Å². The van der Waals surface area contributed by atoms with Crippen LogP contribution in [0.15, 0.2) is 174 Å². The van der Waals surface area contributed by atoms with Crippen LogP contribution < -0.4 is 35.5 Å². The van der Waals surface area contributed by atoms with E-state index in [9.17, 15) is 19.5 Å². The van der Waals surface area contributed by atoms with Gasteiger partial charge in [-0.05, 0) is 117 Å². The number of para-hydroxylation sites is 5. The molecule has 13 nitrogen and oxygen atoms in total. The van der Waals surface area contributed by atoms with Gasteiger partial charge < -0.3 is 50.4 Å². The van der Waals surface area contributed by atoms with Gasteiger partial charge in [0.05, 0.1) is 0 Å². The van der Waals surface area contributed by atoms with E-state index in [1.54, 1.807) is 91.7 Å². The maximum atomic E-state index is 11.3. The number of aromatic hydroxyl groups is 1. The second-order valence-corrected chi connectivity index (χ2v) is 17.3. The third kappa shape index (κ3) is 23.9. The van der Waals surface area contributed by atoms with Crippen LogP contribution in [0, 0.1) is 0 Å². The number of carbonyl (C=O) groups is 3. The van der Waals surface area contributed by atoms with Crippen LogP contribution in [0.2, 0.25) is 0 Å². The van der Waals surface area contributed by atoms with Gasteiger partial charge in [0.2, 0.25) is 0 Å². The fraction of sp³-hybridized carbons (Fsp3) is 0.281. The van der Waals surface area contributed by atoms with Crippen molar-refractivity contribution in [3.8, 4) is 23.0 Å². The van der Waals surface area contributed by atoms with E-state index in [2.05, 4.69) is 82.8 Å². The summed E-state index contributed by atoms with van der Waals surface area (Å²) in [4.78, 5) is 36.8. The number of unbranched alkanes of at least 4 members (excludes halogenated alkanes) is 6. The molecule has 72 heavy (non-hydrogen) atoms. The molecule has 0 bridgehead atoms. The number of phenols is 1. The lowest BCUT2D eigenvalue weighted by atomic mass is 9.90. The summed E-state index contributed by atoms with van der Waals surface area (Å²) in [6, 6.07) is 51.0. The Hall–Kier alpha value is -6.81. The van der Waals surface area contributed by atoms with Crippen LogP contribution in [0.25, 0.3) is 5.57 Å². The highest BCUT2D eigenvalue weighted by Gasteiger charge is 2.25. The minimum absolute atomic E-state index is 0.240. The number of rotatable bonds is 17. The number of phenolic OH excluding ortho intramolecular Hbond substituents is 1. The van der Waals surface area contributed by atoms with Gasteiger partial charge in [-0.3, -0.25) is 0 Å². The predicted molar refractivity (Wildman–Crippen MR) is 292 cm³/mol. The van der Waals surface area contributed by atoms with Crippen molar-refractivity contribution >= 4 is 57.9 Å². The highest BCUT2D eigenvalue weighted by molar-refractivity contribution is 8.03. The number of halogens is 1. The number of nitrogens with zero attached hydrogens (tertiary/aromatic N) is 1. The van der Waals surface area contributed by atoms with Gasteiger partial charge >= 0.3 is 17.6 Å². The molecule has 0 fully saturated rings. The third-order valence-corrected chi connectivity index (χ3v) is 11.3. The van der Waals surface area contributed by atoms with Gasteiger partial charge in [-0.1, -0.05) is 128 Å². The summed E-state index contributed by atoms with van der Waals surface area (Å²) in [7, 11) is 5.38. The fourth-order valence-corrected chi connectivity index (χ4v) is 7.77. The standard InChI is InChI=1S/C22H19NOS.C13H19NO3.C8H9NO2.C7H5ClO2.C7H17NO/c1-15(25-17-13-11-16(24)12-14-17)22-18-7-3-5-9-20(18)23(2)21-10-6-4-8-19(21)22;15-11-7-2-1-6-10-14-13(16)17-12-8-4-3-5-9-12;1-9-8(10)11-7-5-3-2-4-6-7;8-7(9)10-6-4-2-1-3-5-6;1-9-7-5-3-2-4-6-8/h3-14,24H,1-2H3;3-5,8-9,15H,1-2,6-7,10-11H2,(H,14,16);2-6H,1H3,(H,9,10);1-5H;2-8H2,1H3. The highest BCUT2D eigenvalue weighted by atomic mass is 35.5. The molecular formula is C57H69ClN4O9S. The third-order valence-electron chi connectivity index (χ3n) is 10.2. The minimum Gasteiger partial charge on any atom is -0.508 e. The van der Waals surface area contributed by atoms with E-state index in [-0.39, 0.29) is 6.61 Å². The summed E-state index contributed by atoms with van der Waals surface area (Å²) in [5.74, 6) is 1.85. The number of fused-ring (bicyclic) bond motifs is 2. The summed E-state index contributed by atoms with van der Waals surface area (Å²) in [6.45, 7) is 4.74. The number of amides is 2.